The van der Waals surface area contributed by atoms with Crippen LogP contribution in [0.2, 0.25) is 0 Å². The van der Waals surface area contributed by atoms with Gasteiger partial charge in [-0.3, -0.25) is 4.21 Å². The Morgan fingerprint density at radius 1 is 1.17 bits per heavy atom. The minimum absolute atomic E-state index is 0.311. The average molecular weight is 265 g/mol. The second-order valence-corrected chi connectivity index (χ2v) is 7.56. The summed E-state index contributed by atoms with van der Waals surface area (Å²) in [6.45, 7) is 6.55. The quantitative estimate of drug-likeness (QED) is 0.832. The summed E-state index contributed by atoms with van der Waals surface area (Å²) >= 11 is 0. The molecule has 1 aliphatic carbocycles. The molecule has 0 saturated heterocycles. The molecule has 2 N–H and O–H groups in total. The highest BCUT2D eigenvalue weighted by Gasteiger charge is 2.29. The number of hydrogen-bond acceptors (Lipinski definition) is 2. The number of nitrogen functional groups attached to an aromatic ring is 1. The lowest BCUT2D eigenvalue weighted by Crippen LogP contribution is -2.27. The third-order valence-electron chi connectivity index (χ3n) is 3.85. The van der Waals surface area contributed by atoms with Gasteiger partial charge in [-0.2, -0.15) is 0 Å². The molecule has 0 radical (unpaired) electrons. The third kappa shape index (κ3) is 2.94. The van der Waals surface area contributed by atoms with Gasteiger partial charge in [-0.15, -0.1) is 0 Å². The Labute approximate surface area is 112 Å². The smallest absolute Gasteiger partial charge is 0.0563 e. The van der Waals surface area contributed by atoms with Crippen molar-refractivity contribution in [3.8, 4) is 0 Å². The summed E-state index contributed by atoms with van der Waals surface area (Å²) in [4.78, 5) is 0.968. The molecule has 1 aromatic rings. The Hall–Kier alpha value is -0.830. The molecule has 3 atom stereocenters. The molecule has 1 saturated carbocycles. The van der Waals surface area contributed by atoms with Gasteiger partial charge in [0.2, 0.25) is 0 Å². The number of nitrogens with two attached hydrogens (primary N) is 1. The zero-order chi connectivity index (χ0) is 13.3. The lowest BCUT2D eigenvalue weighted by atomic mass is 9.83. The molecule has 0 spiro atoms. The van der Waals surface area contributed by atoms with Crippen molar-refractivity contribution >= 4 is 16.5 Å². The van der Waals surface area contributed by atoms with Crippen molar-refractivity contribution in [3.05, 3.63) is 23.8 Å². The van der Waals surface area contributed by atoms with Crippen LogP contribution in [-0.4, -0.2) is 9.46 Å². The summed E-state index contributed by atoms with van der Waals surface area (Å²) in [5.74, 6) is 1.38. The van der Waals surface area contributed by atoms with Crippen LogP contribution < -0.4 is 5.73 Å². The first-order chi connectivity index (χ1) is 8.47. The molecule has 0 bridgehead atoms. The van der Waals surface area contributed by atoms with E-state index >= 15 is 0 Å². The molecule has 3 unspecified atom stereocenters. The molecule has 0 heterocycles. The number of anilines is 1. The van der Waals surface area contributed by atoms with E-state index in [1.54, 1.807) is 0 Å². The first-order valence-electron chi connectivity index (χ1n) is 6.74. The highest BCUT2D eigenvalue weighted by Crippen LogP contribution is 2.34. The van der Waals surface area contributed by atoms with Gasteiger partial charge < -0.3 is 5.73 Å². The Morgan fingerprint density at radius 3 is 2.33 bits per heavy atom. The van der Waals surface area contributed by atoms with E-state index in [4.69, 9.17) is 5.73 Å². The molecule has 3 heteroatoms. The van der Waals surface area contributed by atoms with Crippen LogP contribution in [0.4, 0.5) is 5.69 Å². The SMILES string of the molecule is Cc1cc(N)ccc1S(=O)C1CC(C)CC(C)C1. The van der Waals surface area contributed by atoms with Gasteiger partial charge in [0.25, 0.3) is 0 Å². The molecule has 0 amide bonds. The van der Waals surface area contributed by atoms with Crippen molar-refractivity contribution in [2.45, 2.75) is 50.2 Å². The second kappa shape index (κ2) is 5.43. The van der Waals surface area contributed by atoms with Gasteiger partial charge in [0, 0.05) is 15.8 Å². The van der Waals surface area contributed by atoms with Crippen LogP contribution >= 0.6 is 0 Å². The molecule has 100 valence electrons. The molecular weight excluding hydrogens is 242 g/mol. The van der Waals surface area contributed by atoms with E-state index < -0.39 is 10.8 Å². The van der Waals surface area contributed by atoms with Gasteiger partial charge in [0.15, 0.2) is 0 Å². The van der Waals surface area contributed by atoms with E-state index in [-0.39, 0.29) is 0 Å². The fraction of sp³-hybridized carbons (Fsp3) is 0.600. The van der Waals surface area contributed by atoms with Gasteiger partial charge in [-0.25, -0.2) is 0 Å². The summed E-state index contributed by atoms with van der Waals surface area (Å²) in [7, 11) is -0.887. The van der Waals surface area contributed by atoms with Crippen LogP contribution in [0.5, 0.6) is 0 Å². The van der Waals surface area contributed by atoms with E-state index in [1.165, 1.54) is 6.42 Å². The highest BCUT2D eigenvalue weighted by atomic mass is 32.2. The molecule has 1 aromatic carbocycles. The second-order valence-electron chi connectivity index (χ2n) is 5.86. The first-order valence-corrected chi connectivity index (χ1v) is 7.95. The number of benzene rings is 1. The third-order valence-corrected chi connectivity index (χ3v) is 5.74. The Morgan fingerprint density at radius 2 is 1.78 bits per heavy atom. The maximum Gasteiger partial charge on any atom is 0.0563 e. The number of aryl methyl sites for hydroxylation is 1. The van der Waals surface area contributed by atoms with E-state index in [2.05, 4.69) is 13.8 Å². The van der Waals surface area contributed by atoms with E-state index in [0.29, 0.717) is 17.1 Å². The summed E-state index contributed by atoms with van der Waals surface area (Å²) in [5, 5.41) is 0.311. The monoisotopic (exact) mass is 265 g/mol. The van der Waals surface area contributed by atoms with Crippen LogP contribution in [0.1, 0.15) is 38.7 Å². The summed E-state index contributed by atoms with van der Waals surface area (Å²) in [5.41, 5.74) is 7.55. The van der Waals surface area contributed by atoms with E-state index in [1.807, 2.05) is 25.1 Å². The van der Waals surface area contributed by atoms with Crippen molar-refractivity contribution in [1.29, 1.82) is 0 Å². The maximum atomic E-state index is 12.7. The van der Waals surface area contributed by atoms with Gasteiger partial charge in [-0.1, -0.05) is 13.8 Å². The molecule has 18 heavy (non-hydrogen) atoms. The van der Waals surface area contributed by atoms with Crippen LogP contribution in [0, 0.1) is 18.8 Å². The lowest BCUT2D eigenvalue weighted by Gasteiger charge is -2.31. The largest absolute Gasteiger partial charge is 0.399 e. The Bertz CT molecular complexity index is 448. The van der Waals surface area contributed by atoms with Gasteiger partial charge in [0.05, 0.1) is 10.8 Å². The minimum atomic E-state index is -0.887. The van der Waals surface area contributed by atoms with Crippen LogP contribution in [0.15, 0.2) is 23.1 Å². The molecule has 2 rings (SSSR count). The Kier molecular flexibility index (Phi) is 4.10. The summed E-state index contributed by atoms with van der Waals surface area (Å²) in [6.07, 6.45) is 3.44. The molecule has 0 aromatic heterocycles. The molecule has 2 nitrogen and oxygen atoms in total. The predicted molar refractivity (Wildman–Crippen MR) is 78.0 cm³/mol. The fourth-order valence-electron chi connectivity index (χ4n) is 3.13. The highest BCUT2D eigenvalue weighted by molar-refractivity contribution is 7.85. The van der Waals surface area contributed by atoms with Gasteiger partial charge in [0.1, 0.15) is 0 Å². The average Bonchev–Trinajstić information content (AvgIpc) is 2.26. The summed E-state index contributed by atoms with van der Waals surface area (Å²) in [6, 6.07) is 5.71. The Balaban J connectivity index is 2.20. The van der Waals surface area contributed by atoms with Crippen molar-refractivity contribution in [2.24, 2.45) is 11.8 Å². The number of hydrogen-bond donors (Lipinski definition) is 1. The predicted octanol–water partition coefficient (Wildman–Crippen LogP) is 3.51. The van der Waals surface area contributed by atoms with Crippen molar-refractivity contribution in [3.63, 3.8) is 0 Å². The lowest BCUT2D eigenvalue weighted by molar-refractivity contribution is 0.305. The van der Waals surface area contributed by atoms with Crippen molar-refractivity contribution in [1.82, 2.24) is 0 Å². The normalized spacial score (nSPS) is 30.1. The van der Waals surface area contributed by atoms with Crippen molar-refractivity contribution < 1.29 is 4.21 Å². The summed E-state index contributed by atoms with van der Waals surface area (Å²) < 4.78 is 12.7. The van der Waals surface area contributed by atoms with Crippen molar-refractivity contribution in [2.75, 3.05) is 5.73 Å². The van der Waals surface area contributed by atoms with Crippen LogP contribution in [-0.2, 0) is 10.8 Å². The standard InChI is InChI=1S/C15H23NOS/c1-10-6-11(2)8-14(7-10)18(17)15-5-4-13(16)9-12(15)3/h4-5,9-11,14H,6-8,16H2,1-3H3. The van der Waals surface area contributed by atoms with E-state index in [9.17, 15) is 4.21 Å². The molecule has 1 aliphatic rings. The first kappa shape index (κ1) is 13.6. The maximum absolute atomic E-state index is 12.7. The topological polar surface area (TPSA) is 43.1 Å². The zero-order valence-electron chi connectivity index (χ0n) is 11.5. The molecular formula is C15H23NOS. The van der Waals surface area contributed by atoms with Crippen LogP contribution in [0.25, 0.3) is 0 Å². The zero-order valence-corrected chi connectivity index (χ0v) is 12.3. The number of rotatable bonds is 2. The van der Waals surface area contributed by atoms with Crippen LogP contribution in [0.3, 0.4) is 0 Å². The van der Waals surface area contributed by atoms with E-state index in [0.717, 1.165) is 29.0 Å². The fourth-order valence-corrected chi connectivity index (χ4v) is 5.07. The minimum Gasteiger partial charge on any atom is -0.399 e. The van der Waals surface area contributed by atoms with Gasteiger partial charge in [-0.05, 0) is 61.8 Å². The molecule has 1 fully saturated rings. The van der Waals surface area contributed by atoms with Gasteiger partial charge >= 0.3 is 0 Å². The molecule has 0 aliphatic heterocycles.